The number of hydrogen-bond acceptors (Lipinski definition) is 2. The molecular formula is C18H20BrN3O. The minimum Gasteiger partial charge on any atom is -0.380 e. The number of para-hydroxylation sites is 1. The molecule has 3 N–H and O–H groups in total. The van der Waals surface area contributed by atoms with E-state index >= 15 is 0 Å². The SMILES string of the molecule is COCc1ccccc1NC(N)=N[C@@H]1C[C@H]1c1ccccc1Br. The number of nitrogens with two attached hydrogens (primary N) is 1. The van der Waals surface area contributed by atoms with Crippen molar-refractivity contribution >= 4 is 27.6 Å². The summed E-state index contributed by atoms with van der Waals surface area (Å²) in [5.74, 6) is 0.897. The van der Waals surface area contributed by atoms with Gasteiger partial charge >= 0.3 is 0 Å². The van der Waals surface area contributed by atoms with Gasteiger partial charge in [0.05, 0.1) is 12.6 Å². The predicted octanol–water partition coefficient (Wildman–Crippen LogP) is 3.88. The van der Waals surface area contributed by atoms with Crippen LogP contribution in [0.5, 0.6) is 0 Å². The first kappa shape index (κ1) is 16.0. The van der Waals surface area contributed by atoms with Crippen LogP contribution in [0.2, 0.25) is 0 Å². The number of aliphatic imine (C=N–C) groups is 1. The van der Waals surface area contributed by atoms with E-state index in [2.05, 4.69) is 44.4 Å². The van der Waals surface area contributed by atoms with Crippen LogP contribution in [-0.4, -0.2) is 19.1 Å². The maximum Gasteiger partial charge on any atom is 0.193 e. The number of benzene rings is 2. The van der Waals surface area contributed by atoms with E-state index in [1.54, 1.807) is 7.11 Å². The Kier molecular flexibility index (Phi) is 4.98. The molecule has 0 spiro atoms. The van der Waals surface area contributed by atoms with Gasteiger partial charge in [0.25, 0.3) is 0 Å². The molecule has 2 aromatic carbocycles. The van der Waals surface area contributed by atoms with Crippen molar-refractivity contribution in [3.63, 3.8) is 0 Å². The summed E-state index contributed by atoms with van der Waals surface area (Å²) < 4.78 is 6.34. The van der Waals surface area contributed by atoms with Gasteiger partial charge in [-0.25, -0.2) is 4.99 Å². The summed E-state index contributed by atoms with van der Waals surface area (Å²) in [6.07, 6.45) is 1.03. The molecule has 0 aliphatic heterocycles. The molecule has 23 heavy (non-hydrogen) atoms. The molecule has 1 fully saturated rings. The largest absolute Gasteiger partial charge is 0.380 e. The number of nitrogens with zero attached hydrogens (tertiary/aromatic N) is 1. The number of anilines is 1. The van der Waals surface area contributed by atoms with E-state index in [0.29, 0.717) is 18.5 Å². The van der Waals surface area contributed by atoms with Crippen LogP contribution < -0.4 is 11.1 Å². The van der Waals surface area contributed by atoms with Crippen LogP contribution in [0.15, 0.2) is 58.0 Å². The van der Waals surface area contributed by atoms with E-state index < -0.39 is 0 Å². The van der Waals surface area contributed by atoms with Gasteiger partial charge in [-0.3, -0.25) is 0 Å². The third-order valence-corrected chi connectivity index (χ3v) is 4.67. The highest BCUT2D eigenvalue weighted by molar-refractivity contribution is 9.10. The first-order chi connectivity index (χ1) is 11.2. The summed E-state index contributed by atoms with van der Waals surface area (Å²) in [7, 11) is 1.68. The van der Waals surface area contributed by atoms with Crippen LogP contribution in [0.4, 0.5) is 5.69 Å². The van der Waals surface area contributed by atoms with Crippen LogP contribution in [-0.2, 0) is 11.3 Å². The normalized spacial score (nSPS) is 20.3. The standard InChI is InChI=1S/C18H20BrN3O/c1-23-11-12-6-2-5-9-16(12)21-18(20)22-17-10-14(17)13-7-3-4-8-15(13)19/h2-9,14,17H,10-11H2,1H3,(H3,20,21,22)/t14-,17+/m0/s1. The Bertz CT molecular complexity index is 717. The van der Waals surface area contributed by atoms with E-state index in [1.165, 1.54) is 5.56 Å². The molecule has 0 radical (unpaired) electrons. The molecule has 5 heteroatoms. The van der Waals surface area contributed by atoms with Gasteiger partial charge in [-0.05, 0) is 24.1 Å². The molecule has 0 unspecified atom stereocenters. The fourth-order valence-electron chi connectivity index (χ4n) is 2.71. The number of hydrogen-bond donors (Lipinski definition) is 2. The second-order valence-electron chi connectivity index (χ2n) is 5.66. The molecule has 2 aromatic rings. The highest BCUT2D eigenvalue weighted by Crippen LogP contribution is 2.45. The Morgan fingerprint density at radius 3 is 2.78 bits per heavy atom. The number of ether oxygens (including phenoxy) is 1. The van der Waals surface area contributed by atoms with E-state index in [1.807, 2.05) is 30.3 Å². The Morgan fingerprint density at radius 2 is 2.00 bits per heavy atom. The zero-order chi connectivity index (χ0) is 16.2. The Morgan fingerprint density at radius 1 is 1.26 bits per heavy atom. The molecule has 4 nitrogen and oxygen atoms in total. The highest BCUT2D eigenvalue weighted by Gasteiger charge is 2.39. The lowest BCUT2D eigenvalue weighted by atomic mass is 10.1. The van der Waals surface area contributed by atoms with E-state index in [4.69, 9.17) is 10.5 Å². The Balaban J connectivity index is 1.67. The van der Waals surface area contributed by atoms with Gasteiger partial charge in [-0.2, -0.15) is 0 Å². The molecule has 2 atom stereocenters. The molecule has 0 amide bonds. The molecule has 120 valence electrons. The average Bonchev–Trinajstić information content (AvgIpc) is 3.28. The molecule has 0 saturated heterocycles. The minimum absolute atomic E-state index is 0.246. The first-order valence-corrected chi connectivity index (χ1v) is 8.40. The number of nitrogens with one attached hydrogen (secondary N) is 1. The van der Waals surface area contributed by atoms with Crippen molar-refractivity contribution in [1.82, 2.24) is 0 Å². The predicted molar refractivity (Wildman–Crippen MR) is 97.7 cm³/mol. The van der Waals surface area contributed by atoms with Crippen molar-refractivity contribution in [3.05, 3.63) is 64.1 Å². The summed E-state index contributed by atoms with van der Waals surface area (Å²) in [5, 5.41) is 3.19. The van der Waals surface area contributed by atoms with Gasteiger partial charge in [0, 0.05) is 28.8 Å². The molecule has 0 bridgehead atoms. The Hall–Kier alpha value is -1.85. The number of guanidine groups is 1. The quantitative estimate of drug-likeness (QED) is 0.617. The van der Waals surface area contributed by atoms with Crippen molar-refractivity contribution < 1.29 is 4.74 Å². The number of rotatable bonds is 5. The van der Waals surface area contributed by atoms with Crippen molar-refractivity contribution in [2.75, 3.05) is 12.4 Å². The molecule has 1 saturated carbocycles. The molecule has 1 aliphatic rings. The molecule has 0 heterocycles. The highest BCUT2D eigenvalue weighted by atomic mass is 79.9. The van der Waals surface area contributed by atoms with Gasteiger partial charge in [-0.1, -0.05) is 52.3 Å². The smallest absolute Gasteiger partial charge is 0.193 e. The summed E-state index contributed by atoms with van der Waals surface area (Å²) in [6.45, 7) is 0.541. The van der Waals surface area contributed by atoms with E-state index in [9.17, 15) is 0 Å². The van der Waals surface area contributed by atoms with E-state index in [0.717, 1.165) is 22.1 Å². The van der Waals surface area contributed by atoms with Gasteiger partial charge in [-0.15, -0.1) is 0 Å². The zero-order valence-corrected chi connectivity index (χ0v) is 14.6. The molecule has 3 rings (SSSR count). The number of halogens is 1. The van der Waals surface area contributed by atoms with Gasteiger partial charge in [0.2, 0.25) is 0 Å². The van der Waals surface area contributed by atoms with Crippen LogP contribution in [0.3, 0.4) is 0 Å². The van der Waals surface area contributed by atoms with Crippen molar-refractivity contribution in [2.45, 2.75) is 25.0 Å². The van der Waals surface area contributed by atoms with E-state index in [-0.39, 0.29) is 6.04 Å². The lowest BCUT2D eigenvalue weighted by Gasteiger charge is -2.10. The van der Waals surface area contributed by atoms with Gasteiger partial charge in [0.1, 0.15) is 0 Å². The van der Waals surface area contributed by atoms with Crippen LogP contribution in [0.1, 0.15) is 23.5 Å². The average molecular weight is 374 g/mol. The third-order valence-electron chi connectivity index (χ3n) is 3.95. The molecule has 1 aliphatic carbocycles. The lowest BCUT2D eigenvalue weighted by molar-refractivity contribution is 0.185. The maximum atomic E-state index is 6.08. The third kappa shape index (κ3) is 3.92. The summed E-state index contributed by atoms with van der Waals surface area (Å²) >= 11 is 3.60. The topological polar surface area (TPSA) is 59.6 Å². The second-order valence-corrected chi connectivity index (χ2v) is 6.51. The van der Waals surface area contributed by atoms with Crippen LogP contribution >= 0.6 is 15.9 Å². The maximum absolute atomic E-state index is 6.08. The van der Waals surface area contributed by atoms with Crippen molar-refractivity contribution in [1.29, 1.82) is 0 Å². The fraction of sp³-hybridized carbons (Fsp3) is 0.278. The fourth-order valence-corrected chi connectivity index (χ4v) is 3.29. The zero-order valence-electron chi connectivity index (χ0n) is 13.0. The molecular weight excluding hydrogens is 354 g/mol. The lowest BCUT2D eigenvalue weighted by Crippen LogP contribution is -2.24. The monoisotopic (exact) mass is 373 g/mol. The van der Waals surface area contributed by atoms with Crippen molar-refractivity contribution in [3.8, 4) is 0 Å². The van der Waals surface area contributed by atoms with Gasteiger partial charge < -0.3 is 15.8 Å². The summed E-state index contributed by atoms with van der Waals surface area (Å²) in [5.41, 5.74) is 9.38. The molecule has 0 aromatic heterocycles. The Labute approximate surface area is 144 Å². The summed E-state index contributed by atoms with van der Waals surface area (Å²) in [6, 6.07) is 16.5. The van der Waals surface area contributed by atoms with Crippen LogP contribution in [0.25, 0.3) is 0 Å². The van der Waals surface area contributed by atoms with Crippen molar-refractivity contribution in [2.24, 2.45) is 10.7 Å². The summed E-state index contributed by atoms with van der Waals surface area (Å²) in [4.78, 5) is 4.61. The number of methoxy groups -OCH3 is 1. The minimum atomic E-state index is 0.246. The second kappa shape index (κ2) is 7.15. The van der Waals surface area contributed by atoms with Crippen LogP contribution in [0, 0.1) is 0 Å². The van der Waals surface area contributed by atoms with Gasteiger partial charge in [0.15, 0.2) is 5.96 Å². The first-order valence-electron chi connectivity index (χ1n) is 7.60.